The zero-order chi connectivity index (χ0) is 27.4. The highest BCUT2D eigenvalue weighted by atomic mass is 32.2. The molecule has 2 fully saturated rings. The Labute approximate surface area is 225 Å². The summed E-state index contributed by atoms with van der Waals surface area (Å²) in [5, 5.41) is 94.7. The third kappa shape index (κ3) is 6.83. The minimum Gasteiger partial charge on any atom is -0.394 e. The van der Waals surface area contributed by atoms with Crippen molar-refractivity contribution in [2.45, 2.75) is 84.3 Å². The van der Waals surface area contributed by atoms with Crippen molar-refractivity contribution in [2.24, 2.45) is 0 Å². The van der Waals surface area contributed by atoms with Gasteiger partial charge in [0.2, 0.25) is 0 Å². The number of hydrogen-bond donors (Lipinski definition) is 8. The van der Waals surface area contributed by atoms with Crippen molar-refractivity contribution in [1.82, 2.24) is 30.0 Å². The molecule has 0 bridgehead atoms. The van der Waals surface area contributed by atoms with E-state index in [1.54, 1.807) is 21.8 Å². The van der Waals surface area contributed by atoms with Crippen LogP contribution in [0.25, 0.3) is 0 Å². The number of nitrogens with zero attached hydrogens (tertiary/aromatic N) is 6. The standard InChI is InChI=1S/C20H32N6O10S2/c27-5-11-13(29)15(31)17(33)19(35-11)37-7-9-3-25(23-21-9)1-2-26-4-10(22-24-26)8-38-20-18(34)16(32)14(30)12(6-28)36-20/h3-4,11-20,27-34H,1-2,5-8H2/t11-,12-,13-,14-,15+,16+,17+,18+,19-,20-/m1/s1. The first kappa shape index (κ1) is 29.6. The first-order chi connectivity index (χ1) is 18.2. The zero-order valence-electron chi connectivity index (χ0n) is 20.1. The average molecular weight is 581 g/mol. The van der Waals surface area contributed by atoms with Gasteiger partial charge in [0.05, 0.1) is 37.7 Å². The highest BCUT2D eigenvalue weighted by Crippen LogP contribution is 2.31. The average Bonchev–Trinajstić information content (AvgIpc) is 3.58. The molecular formula is C20H32N6O10S2. The molecule has 0 radical (unpaired) electrons. The Morgan fingerprint density at radius 3 is 1.39 bits per heavy atom. The Morgan fingerprint density at radius 1 is 0.632 bits per heavy atom. The van der Waals surface area contributed by atoms with Gasteiger partial charge in [-0.2, -0.15) is 0 Å². The summed E-state index contributed by atoms with van der Waals surface area (Å²) >= 11 is 2.32. The minimum atomic E-state index is -1.43. The van der Waals surface area contributed by atoms with E-state index in [2.05, 4.69) is 20.6 Å². The maximum Gasteiger partial charge on any atom is 0.132 e. The number of hydrogen-bond acceptors (Lipinski definition) is 16. The predicted molar refractivity (Wildman–Crippen MR) is 130 cm³/mol. The lowest BCUT2D eigenvalue weighted by Crippen LogP contribution is -2.57. The van der Waals surface area contributed by atoms with Gasteiger partial charge in [-0.1, -0.05) is 10.4 Å². The van der Waals surface area contributed by atoms with Crippen molar-refractivity contribution in [3.05, 3.63) is 23.8 Å². The van der Waals surface area contributed by atoms with E-state index in [0.717, 1.165) is 23.5 Å². The van der Waals surface area contributed by atoms with E-state index >= 15 is 0 Å². The molecule has 0 spiro atoms. The molecule has 2 aromatic rings. The van der Waals surface area contributed by atoms with Crippen LogP contribution in [0.4, 0.5) is 0 Å². The third-order valence-corrected chi connectivity index (χ3v) is 8.58. The lowest BCUT2D eigenvalue weighted by Gasteiger charge is -2.39. The minimum absolute atomic E-state index is 0.311. The SMILES string of the molecule is OC[C@H]1O[C@H](SCc2cn(CCn3cc(CS[C@H]4O[C@H](CO)[C@@H](O)[C@H](O)[C@@H]4O)nn3)nn2)[C@@H](O)[C@@H](O)[C@@H]1O. The molecule has 18 heteroatoms. The lowest BCUT2D eigenvalue weighted by molar-refractivity contribution is -0.205. The number of aryl methyl sites for hydroxylation is 2. The summed E-state index contributed by atoms with van der Waals surface area (Å²) in [6, 6.07) is 0. The van der Waals surface area contributed by atoms with Crippen molar-refractivity contribution >= 4 is 23.5 Å². The fourth-order valence-electron chi connectivity index (χ4n) is 3.98. The summed E-state index contributed by atoms with van der Waals surface area (Å²) in [5.74, 6) is 0.622. The zero-order valence-corrected chi connectivity index (χ0v) is 21.7. The molecule has 2 aliphatic heterocycles. The summed E-state index contributed by atoms with van der Waals surface area (Å²) in [6.07, 6.45) is -6.84. The quantitative estimate of drug-likeness (QED) is 0.125. The van der Waals surface area contributed by atoms with Crippen LogP contribution >= 0.6 is 23.5 Å². The molecule has 0 amide bonds. The Balaban J connectivity index is 1.22. The molecule has 0 unspecified atom stereocenters. The molecule has 0 saturated carbocycles. The number of ether oxygens (including phenoxy) is 2. The molecule has 2 aromatic heterocycles. The van der Waals surface area contributed by atoms with E-state index in [1.165, 1.54) is 0 Å². The van der Waals surface area contributed by atoms with Crippen LogP contribution in [-0.4, -0.2) is 144 Å². The van der Waals surface area contributed by atoms with Gasteiger partial charge in [0, 0.05) is 23.9 Å². The third-order valence-electron chi connectivity index (χ3n) is 6.22. The van der Waals surface area contributed by atoms with E-state index in [4.69, 9.17) is 9.47 Å². The fraction of sp³-hybridized carbons (Fsp3) is 0.800. The molecule has 38 heavy (non-hydrogen) atoms. The molecule has 10 atom stereocenters. The van der Waals surface area contributed by atoms with Crippen molar-refractivity contribution in [2.75, 3.05) is 13.2 Å². The van der Waals surface area contributed by atoms with Crippen LogP contribution < -0.4 is 0 Å². The summed E-state index contributed by atoms with van der Waals surface area (Å²) in [6.45, 7) is -0.121. The van der Waals surface area contributed by atoms with Crippen molar-refractivity contribution in [1.29, 1.82) is 0 Å². The number of aromatic nitrogens is 6. The first-order valence-corrected chi connectivity index (χ1v) is 13.9. The predicted octanol–water partition coefficient (Wildman–Crippen LogP) is -4.36. The van der Waals surface area contributed by atoms with Crippen molar-refractivity contribution < 1.29 is 50.3 Å². The number of aliphatic hydroxyl groups excluding tert-OH is 8. The summed E-state index contributed by atoms with van der Waals surface area (Å²) in [4.78, 5) is 0. The second kappa shape index (κ2) is 13.3. The van der Waals surface area contributed by atoms with Crippen molar-refractivity contribution in [3.63, 3.8) is 0 Å². The van der Waals surface area contributed by atoms with E-state index in [-0.39, 0.29) is 0 Å². The number of rotatable bonds is 11. The van der Waals surface area contributed by atoms with Crippen LogP contribution in [0.2, 0.25) is 0 Å². The molecule has 0 aliphatic carbocycles. The van der Waals surface area contributed by atoms with Crippen LogP contribution in [-0.2, 0) is 34.1 Å². The van der Waals surface area contributed by atoms with Crippen LogP contribution in [0, 0.1) is 0 Å². The van der Waals surface area contributed by atoms with Gasteiger partial charge in [-0.05, 0) is 0 Å². The summed E-state index contributed by atoms with van der Waals surface area (Å²) in [5.41, 5.74) is -0.514. The second-order valence-corrected chi connectivity index (χ2v) is 11.1. The molecule has 214 valence electrons. The molecule has 8 N–H and O–H groups in total. The number of thioether (sulfide) groups is 2. The van der Waals surface area contributed by atoms with Gasteiger partial charge < -0.3 is 50.3 Å². The topological polar surface area (TPSA) is 242 Å². The molecular weight excluding hydrogens is 548 g/mol. The monoisotopic (exact) mass is 580 g/mol. The van der Waals surface area contributed by atoms with Crippen LogP contribution in [0.5, 0.6) is 0 Å². The van der Waals surface area contributed by atoms with Gasteiger partial charge in [-0.3, -0.25) is 9.36 Å². The van der Waals surface area contributed by atoms with E-state index in [0.29, 0.717) is 36.0 Å². The Hall–Kier alpha value is -1.42. The summed E-state index contributed by atoms with van der Waals surface area (Å²) < 4.78 is 14.2. The maximum absolute atomic E-state index is 10.1. The fourth-order valence-corrected chi connectivity index (χ4v) is 6.07. The van der Waals surface area contributed by atoms with Crippen LogP contribution in [0.3, 0.4) is 0 Å². The second-order valence-electron chi connectivity index (χ2n) is 8.96. The van der Waals surface area contributed by atoms with Crippen LogP contribution in [0.15, 0.2) is 12.4 Å². The molecule has 0 aromatic carbocycles. The molecule has 4 heterocycles. The molecule has 16 nitrogen and oxygen atoms in total. The molecule has 4 rings (SSSR count). The number of aliphatic hydroxyl groups is 8. The first-order valence-electron chi connectivity index (χ1n) is 11.8. The van der Waals surface area contributed by atoms with E-state index in [1.807, 2.05) is 0 Å². The molecule has 2 saturated heterocycles. The Morgan fingerprint density at radius 2 is 1.03 bits per heavy atom. The van der Waals surface area contributed by atoms with Gasteiger partial charge in [0.15, 0.2) is 0 Å². The van der Waals surface area contributed by atoms with Gasteiger partial charge in [-0.15, -0.1) is 33.7 Å². The smallest absolute Gasteiger partial charge is 0.132 e. The lowest BCUT2D eigenvalue weighted by atomic mass is 10.0. The summed E-state index contributed by atoms with van der Waals surface area (Å²) in [7, 11) is 0. The normalized spacial score (nSPS) is 36.0. The highest BCUT2D eigenvalue weighted by Gasteiger charge is 2.44. The maximum atomic E-state index is 10.1. The highest BCUT2D eigenvalue weighted by molar-refractivity contribution is 7.99. The van der Waals surface area contributed by atoms with Gasteiger partial charge >= 0.3 is 0 Å². The van der Waals surface area contributed by atoms with Crippen molar-refractivity contribution in [3.8, 4) is 0 Å². The van der Waals surface area contributed by atoms with Gasteiger partial charge in [0.1, 0.15) is 59.7 Å². The Kier molecular flexibility index (Phi) is 10.3. The van der Waals surface area contributed by atoms with Crippen LogP contribution in [0.1, 0.15) is 11.4 Å². The van der Waals surface area contributed by atoms with Gasteiger partial charge in [-0.25, -0.2) is 0 Å². The molecule has 2 aliphatic rings. The van der Waals surface area contributed by atoms with E-state index in [9.17, 15) is 40.9 Å². The van der Waals surface area contributed by atoms with Gasteiger partial charge in [0.25, 0.3) is 0 Å². The van der Waals surface area contributed by atoms with E-state index < -0.39 is 72.9 Å². The largest absolute Gasteiger partial charge is 0.394 e. The Bertz CT molecular complexity index is 936.